The third-order valence-corrected chi connectivity index (χ3v) is 4.56. The van der Waals surface area contributed by atoms with Gasteiger partial charge in [-0.25, -0.2) is 17.9 Å². The van der Waals surface area contributed by atoms with Gasteiger partial charge in [-0.1, -0.05) is 0 Å². The molecule has 0 unspecified atom stereocenters. The van der Waals surface area contributed by atoms with E-state index < -0.39 is 21.5 Å². The molecule has 1 aliphatic carbocycles. The predicted molar refractivity (Wildman–Crippen MR) is 61.7 cm³/mol. The monoisotopic (exact) mass is 274 g/mol. The average molecular weight is 274 g/mol. The molecular weight excluding hydrogens is 260 g/mol. The second-order valence-electron chi connectivity index (χ2n) is 4.52. The van der Waals surface area contributed by atoms with E-state index in [1.807, 2.05) is 0 Å². The van der Waals surface area contributed by atoms with Crippen molar-refractivity contribution in [2.75, 3.05) is 6.61 Å². The number of nitrogens with one attached hydrogen (secondary N) is 1. The van der Waals surface area contributed by atoms with E-state index >= 15 is 0 Å². The van der Waals surface area contributed by atoms with Crippen molar-refractivity contribution in [3.63, 3.8) is 0 Å². The Kier molecular flexibility index (Phi) is 2.96. The SMILES string of the molecule is Cn1cc(S(=O)(=O)NC2(CO)CC2)cc1C(=O)O. The largest absolute Gasteiger partial charge is 0.477 e. The smallest absolute Gasteiger partial charge is 0.352 e. The van der Waals surface area contributed by atoms with E-state index in [9.17, 15) is 13.2 Å². The number of hydrogen-bond acceptors (Lipinski definition) is 4. The lowest BCUT2D eigenvalue weighted by Crippen LogP contribution is -2.39. The molecule has 0 atom stereocenters. The van der Waals surface area contributed by atoms with Crippen LogP contribution in [0.25, 0.3) is 0 Å². The molecule has 0 radical (unpaired) electrons. The molecule has 0 amide bonds. The molecule has 1 aromatic heterocycles. The molecule has 0 aliphatic heterocycles. The van der Waals surface area contributed by atoms with Crippen LogP contribution in [0.2, 0.25) is 0 Å². The highest BCUT2D eigenvalue weighted by Crippen LogP contribution is 2.36. The molecular formula is C10H14N2O5S. The number of aryl methyl sites for hydroxylation is 1. The number of aliphatic hydroxyl groups excluding tert-OH is 1. The Balaban J connectivity index is 2.30. The second-order valence-corrected chi connectivity index (χ2v) is 6.20. The van der Waals surface area contributed by atoms with Gasteiger partial charge in [-0.05, 0) is 18.9 Å². The van der Waals surface area contributed by atoms with Gasteiger partial charge in [-0.15, -0.1) is 0 Å². The molecule has 0 spiro atoms. The Morgan fingerprint density at radius 3 is 2.56 bits per heavy atom. The lowest BCUT2D eigenvalue weighted by Gasteiger charge is -2.13. The van der Waals surface area contributed by atoms with Crippen LogP contribution < -0.4 is 4.72 Å². The zero-order valence-electron chi connectivity index (χ0n) is 9.75. The highest BCUT2D eigenvalue weighted by Gasteiger charge is 2.45. The van der Waals surface area contributed by atoms with Gasteiger partial charge in [0, 0.05) is 13.2 Å². The van der Waals surface area contributed by atoms with Crippen LogP contribution in [0.3, 0.4) is 0 Å². The summed E-state index contributed by atoms with van der Waals surface area (Å²) in [6.07, 6.45) is 2.40. The van der Waals surface area contributed by atoms with Gasteiger partial charge in [0.25, 0.3) is 0 Å². The number of carbonyl (C=O) groups is 1. The van der Waals surface area contributed by atoms with Crippen LogP contribution in [0.15, 0.2) is 17.2 Å². The van der Waals surface area contributed by atoms with Crippen molar-refractivity contribution < 1.29 is 23.4 Å². The lowest BCUT2D eigenvalue weighted by molar-refractivity contribution is 0.0686. The van der Waals surface area contributed by atoms with Crippen LogP contribution in [0.1, 0.15) is 23.3 Å². The topological polar surface area (TPSA) is 109 Å². The van der Waals surface area contributed by atoms with Crippen molar-refractivity contribution >= 4 is 16.0 Å². The summed E-state index contributed by atoms with van der Waals surface area (Å²) in [5, 5.41) is 17.9. The van der Waals surface area contributed by atoms with E-state index in [4.69, 9.17) is 10.2 Å². The zero-order chi connectivity index (χ0) is 13.6. The quantitative estimate of drug-likeness (QED) is 0.672. The normalized spacial score (nSPS) is 17.7. The minimum Gasteiger partial charge on any atom is -0.477 e. The van der Waals surface area contributed by atoms with E-state index in [0.29, 0.717) is 12.8 Å². The number of sulfonamides is 1. The molecule has 0 bridgehead atoms. The van der Waals surface area contributed by atoms with E-state index in [1.54, 1.807) is 0 Å². The molecule has 18 heavy (non-hydrogen) atoms. The van der Waals surface area contributed by atoms with Gasteiger partial charge in [0.1, 0.15) is 10.6 Å². The molecule has 1 fully saturated rings. The van der Waals surface area contributed by atoms with Crippen LogP contribution >= 0.6 is 0 Å². The Bertz CT molecular complexity index is 585. The van der Waals surface area contributed by atoms with Crippen LogP contribution in [0.5, 0.6) is 0 Å². The molecule has 7 nitrogen and oxygen atoms in total. The first kappa shape index (κ1) is 13.1. The number of carboxylic acids is 1. The maximum absolute atomic E-state index is 12.0. The summed E-state index contributed by atoms with van der Waals surface area (Å²) in [6.45, 7) is -0.259. The van der Waals surface area contributed by atoms with Crippen molar-refractivity contribution in [1.29, 1.82) is 0 Å². The molecule has 0 saturated heterocycles. The molecule has 1 heterocycles. The molecule has 1 saturated carbocycles. The van der Waals surface area contributed by atoms with Crippen molar-refractivity contribution in [3.05, 3.63) is 18.0 Å². The first-order valence-electron chi connectivity index (χ1n) is 5.34. The maximum Gasteiger partial charge on any atom is 0.352 e. The number of aromatic nitrogens is 1. The molecule has 8 heteroatoms. The third kappa shape index (κ3) is 2.26. The summed E-state index contributed by atoms with van der Waals surface area (Å²) in [5.74, 6) is -1.19. The van der Waals surface area contributed by atoms with Crippen LogP contribution in [0.4, 0.5) is 0 Å². The summed E-state index contributed by atoms with van der Waals surface area (Å²) in [4.78, 5) is 10.7. The van der Waals surface area contributed by atoms with E-state index in [1.165, 1.54) is 17.8 Å². The van der Waals surface area contributed by atoms with Crippen LogP contribution in [-0.2, 0) is 17.1 Å². The van der Waals surface area contributed by atoms with Gasteiger partial charge in [0.2, 0.25) is 10.0 Å². The third-order valence-electron chi connectivity index (χ3n) is 3.02. The Hall–Kier alpha value is -1.38. The Morgan fingerprint density at radius 2 is 2.17 bits per heavy atom. The Morgan fingerprint density at radius 1 is 1.56 bits per heavy atom. The number of hydrogen-bond donors (Lipinski definition) is 3. The van der Waals surface area contributed by atoms with E-state index in [0.717, 1.165) is 6.07 Å². The molecule has 100 valence electrons. The second kappa shape index (κ2) is 4.08. The number of rotatable bonds is 5. The summed E-state index contributed by atoms with van der Waals surface area (Å²) >= 11 is 0. The number of carboxylic acid groups (broad SMARTS) is 1. The van der Waals surface area contributed by atoms with Crippen molar-refractivity contribution in [3.8, 4) is 0 Å². The van der Waals surface area contributed by atoms with Crippen molar-refractivity contribution in [1.82, 2.24) is 9.29 Å². The fourth-order valence-electron chi connectivity index (χ4n) is 1.68. The molecule has 1 aromatic rings. The predicted octanol–water partition coefficient (Wildman–Crippen LogP) is -0.474. The van der Waals surface area contributed by atoms with Gasteiger partial charge in [-0.2, -0.15) is 0 Å². The Labute approximate surface area is 104 Å². The lowest BCUT2D eigenvalue weighted by atomic mass is 10.3. The summed E-state index contributed by atoms with van der Waals surface area (Å²) in [6, 6.07) is 1.10. The van der Waals surface area contributed by atoms with Gasteiger partial charge in [-0.3, -0.25) is 0 Å². The molecule has 0 aromatic carbocycles. The summed E-state index contributed by atoms with van der Waals surface area (Å²) in [5.41, 5.74) is -0.873. The summed E-state index contributed by atoms with van der Waals surface area (Å²) < 4.78 is 27.6. The number of nitrogens with zero attached hydrogens (tertiary/aromatic N) is 1. The fourth-order valence-corrected chi connectivity index (χ4v) is 3.20. The van der Waals surface area contributed by atoms with Gasteiger partial charge in [0.05, 0.1) is 12.1 Å². The molecule has 3 N–H and O–H groups in total. The van der Waals surface area contributed by atoms with Crippen LogP contribution in [-0.4, -0.2) is 41.3 Å². The van der Waals surface area contributed by atoms with Crippen molar-refractivity contribution in [2.24, 2.45) is 7.05 Å². The molecule has 2 rings (SSSR count). The number of aliphatic hydroxyl groups is 1. The fraction of sp³-hybridized carbons (Fsp3) is 0.500. The van der Waals surface area contributed by atoms with E-state index in [2.05, 4.69) is 4.72 Å². The summed E-state index contributed by atoms with van der Waals surface area (Å²) in [7, 11) is -2.34. The maximum atomic E-state index is 12.0. The minimum atomic E-state index is -3.80. The minimum absolute atomic E-state index is 0.107. The zero-order valence-corrected chi connectivity index (χ0v) is 10.6. The van der Waals surface area contributed by atoms with E-state index in [-0.39, 0.29) is 17.2 Å². The first-order chi connectivity index (χ1) is 8.30. The average Bonchev–Trinajstić information content (AvgIpc) is 2.90. The van der Waals surface area contributed by atoms with Gasteiger partial charge >= 0.3 is 5.97 Å². The first-order valence-corrected chi connectivity index (χ1v) is 6.82. The van der Waals surface area contributed by atoms with Crippen LogP contribution in [0, 0.1) is 0 Å². The van der Waals surface area contributed by atoms with Gasteiger partial charge < -0.3 is 14.8 Å². The highest BCUT2D eigenvalue weighted by molar-refractivity contribution is 7.89. The van der Waals surface area contributed by atoms with Crippen molar-refractivity contribution in [2.45, 2.75) is 23.3 Å². The van der Waals surface area contributed by atoms with Gasteiger partial charge in [0.15, 0.2) is 0 Å². The number of aromatic carboxylic acids is 1. The molecule has 1 aliphatic rings. The highest BCUT2D eigenvalue weighted by atomic mass is 32.2. The standard InChI is InChI=1S/C10H14N2O5S/c1-12-5-7(4-8(12)9(14)15)18(16,17)11-10(6-13)2-3-10/h4-5,11,13H,2-3,6H2,1H3,(H,14,15).